The lowest BCUT2D eigenvalue weighted by atomic mass is 10.0. The smallest absolute Gasteiger partial charge is 0.241 e. The van der Waals surface area contributed by atoms with Crippen LogP contribution in [0.3, 0.4) is 0 Å². The Morgan fingerprint density at radius 1 is 1.38 bits per heavy atom. The number of nitrogens with one attached hydrogen (secondary N) is 1. The van der Waals surface area contributed by atoms with E-state index >= 15 is 0 Å². The van der Waals surface area contributed by atoms with Crippen LogP contribution in [0.5, 0.6) is 0 Å². The van der Waals surface area contributed by atoms with E-state index in [2.05, 4.69) is 5.32 Å². The predicted octanol–water partition coefficient (Wildman–Crippen LogP) is 2.65. The van der Waals surface area contributed by atoms with Crippen molar-refractivity contribution in [3.63, 3.8) is 0 Å². The van der Waals surface area contributed by atoms with Crippen molar-refractivity contribution >= 4 is 23.2 Å². The molecule has 0 aliphatic carbocycles. The number of carbonyl (C=O) groups is 1. The molecule has 0 saturated heterocycles. The molecule has 1 aromatic rings. The molecule has 4 heteroatoms. The first-order valence-electron chi connectivity index (χ1n) is 5.31. The molecule has 0 heterocycles. The van der Waals surface area contributed by atoms with Gasteiger partial charge >= 0.3 is 0 Å². The molecule has 0 saturated carbocycles. The Kier molecular flexibility index (Phi) is 4.77. The topological polar surface area (TPSA) is 55.1 Å². The third kappa shape index (κ3) is 4.21. The Bertz CT molecular complexity index is 349. The molecular formula is C12H17ClN2O. The average Bonchev–Trinajstić information content (AvgIpc) is 2.20. The minimum atomic E-state index is -0.462. The summed E-state index contributed by atoms with van der Waals surface area (Å²) in [5.41, 5.74) is 6.47. The second-order valence-electron chi connectivity index (χ2n) is 4.23. The van der Waals surface area contributed by atoms with Gasteiger partial charge in [-0.3, -0.25) is 4.79 Å². The summed E-state index contributed by atoms with van der Waals surface area (Å²) in [6.07, 6.45) is 0.680. The molecule has 0 bridgehead atoms. The summed E-state index contributed by atoms with van der Waals surface area (Å²) in [5.74, 6) is 0.252. The molecule has 1 atom stereocenters. The molecule has 1 rings (SSSR count). The molecule has 3 nitrogen and oxygen atoms in total. The van der Waals surface area contributed by atoms with Crippen LogP contribution in [0.2, 0.25) is 5.02 Å². The molecule has 0 fully saturated rings. The van der Waals surface area contributed by atoms with Crippen LogP contribution < -0.4 is 11.1 Å². The van der Waals surface area contributed by atoms with Crippen molar-refractivity contribution in [3.8, 4) is 0 Å². The number of benzene rings is 1. The van der Waals surface area contributed by atoms with Gasteiger partial charge in [0.1, 0.15) is 0 Å². The van der Waals surface area contributed by atoms with Crippen LogP contribution in [0.1, 0.15) is 20.3 Å². The molecule has 0 aliphatic rings. The van der Waals surface area contributed by atoms with E-state index in [1.807, 2.05) is 13.8 Å². The quantitative estimate of drug-likeness (QED) is 0.850. The van der Waals surface area contributed by atoms with Crippen LogP contribution in [0.15, 0.2) is 24.3 Å². The predicted molar refractivity (Wildman–Crippen MR) is 67.5 cm³/mol. The molecule has 88 valence electrons. The van der Waals surface area contributed by atoms with E-state index in [0.29, 0.717) is 23.0 Å². The van der Waals surface area contributed by atoms with Crippen molar-refractivity contribution in [1.29, 1.82) is 0 Å². The van der Waals surface area contributed by atoms with Crippen LogP contribution in [0.25, 0.3) is 0 Å². The van der Waals surface area contributed by atoms with Gasteiger partial charge in [-0.2, -0.15) is 0 Å². The standard InChI is InChI=1S/C12H17ClN2O/c1-8(2)7-11(14)12(16)15-10-5-3-9(13)4-6-10/h3-6,8,11H,7,14H2,1-2H3,(H,15,16). The number of hydrogen-bond acceptors (Lipinski definition) is 2. The summed E-state index contributed by atoms with van der Waals surface area (Å²) in [4.78, 5) is 11.7. The van der Waals surface area contributed by atoms with Gasteiger partial charge in [-0.25, -0.2) is 0 Å². The molecule has 0 radical (unpaired) electrons. The summed E-state index contributed by atoms with van der Waals surface area (Å²) in [6, 6.07) is 6.50. The summed E-state index contributed by atoms with van der Waals surface area (Å²) >= 11 is 5.74. The first-order valence-corrected chi connectivity index (χ1v) is 5.69. The monoisotopic (exact) mass is 240 g/mol. The maximum absolute atomic E-state index is 11.7. The Balaban J connectivity index is 2.54. The third-order valence-corrected chi connectivity index (χ3v) is 2.43. The van der Waals surface area contributed by atoms with Gasteiger partial charge in [0, 0.05) is 10.7 Å². The van der Waals surface area contributed by atoms with Gasteiger partial charge < -0.3 is 11.1 Å². The van der Waals surface area contributed by atoms with Crippen LogP contribution in [-0.4, -0.2) is 11.9 Å². The SMILES string of the molecule is CC(C)CC(N)C(=O)Nc1ccc(Cl)cc1. The second-order valence-corrected chi connectivity index (χ2v) is 4.67. The fourth-order valence-corrected chi connectivity index (χ4v) is 1.51. The van der Waals surface area contributed by atoms with Gasteiger partial charge in [0.25, 0.3) is 0 Å². The minimum Gasteiger partial charge on any atom is -0.325 e. The van der Waals surface area contributed by atoms with Gasteiger partial charge in [0.05, 0.1) is 6.04 Å². The number of anilines is 1. The highest BCUT2D eigenvalue weighted by Gasteiger charge is 2.14. The van der Waals surface area contributed by atoms with Crippen molar-refractivity contribution in [2.45, 2.75) is 26.3 Å². The molecule has 3 N–H and O–H groups in total. The van der Waals surface area contributed by atoms with Gasteiger partial charge in [-0.15, -0.1) is 0 Å². The third-order valence-electron chi connectivity index (χ3n) is 2.17. The zero-order valence-corrected chi connectivity index (χ0v) is 10.3. The lowest BCUT2D eigenvalue weighted by molar-refractivity contribution is -0.117. The lowest BCUT2D eigenvalue weighted by Crippen LogP contribution is -2.36. The van der Waals surface area contributed by atoms with E-state index in [0.717, 1.165) is 0 Å². The van der Waals surface area contributed by atoms with Crippen LogP contribution in [0, 0.1) is 5.92 Å². The number of rotatable bonds is 4. The van der Waals surface area contributed by atoms with Gasteiger partial charge in [0.15, 0.2) is 0 Å². The normalized spacial score (nSPS) is 12.6. The molecule has 1 amide bonds. The first-order chi connectivity index (χ1) is 7.49. The zero-order chi connectivity index (χ0) is 12.1. The summed E-state index contributed by atoms with van der Waals surface area (Å²) in [6.45, 7) is 4.07. The molecule has 0 spiro atoms. The fourth-order valence-electron chi connectivity index (χ4n) is 1.38. The van der Waals surface area contributed by atoms with E-state index in [1.165, 1.54) is 0 Å². The van der Waals surface area contributed by atoms with Gasteiger partial charge in [-0.05, 0) is 36.6 Å². The molecular weight excluding hydrogens is 224 g/mol. The number of halogens is 1. The van der Waals surface area contributed by atoms with E-state index in [-0.39, 0.29) is 5.91 Å². The summed E-state index contributed by atoms with van der Waals surface area (Å²) < 4.78 is 0. The van der Waals surface area contributed by atoms with Gasteiger partial charge in [0.2, 0.25) is 5.91 Å². The van der Waals surface area contributed by atoms with Crippen molar-refractivity contribution in [2.24, 2.45) is 11.7 Å². The number of carbonyl (C=O) groups excluding carboxylic acids is 1. The largest absolute Gasteiger partial charge is 0.325 e. The highest BCUT2D eigenvalue weighted by atomic mass is 35.5. The first kappa shape index (κ1) is 13.0. The molecule has 1 unspecified atom stereocenters. The Labute approximate surface area is 101 Å². The van der Waals surface area contributed by atoms with Crippen LogP contribution in [0.4, 0.5) is 5.69 Å². The van der Waals surface area contributed by atoms with Gasteiger partial charge in [-0.1, -0.05) is 25.4 Å². The maximum atomic E-state index is 11.7. The average molecular weight is 241 g/mol. The van der Waals surface area contributed by atoms with Crippen LogP contribution in [-0.2, 0) is 4.79 Å². The summed E-state index contributed by atoms with van der Waals surface area (Å²) in [7, 11) is 0. The molecule has 0 aliphatic heterocycles. The highest BCUT2D eigenvalue weighted by Crippen LogP contribution is 2.14. The fraction of sp³-hybridized carbons (Fsp3) is 0.417. The Morgan fingerprint density at radius 2 is 1.94 bits per heavy atom. The Hall–Kier alpha value is -1.06. The molecule has 1 aromatic carbocycles. The van der Waals surface area contributed by atoms with Crippen molar-refractivity contribution in [3.05, 3.63) is 29.3 Å². The zero-order valence-electron chi connectivity index (χ0n) is 9.53. The second kappa shape index (κ2) is 5.87. The Morgan fingerprint density at radius 3 is 2.44 bits per heavy atom. The van der Waals surface area contributed by atoms with Crippen LogP contribution >= 0.6 is 11.6 Å². The van der Waals surface area contributed by atoms with E-state index in [4.69, 9.17) is 17.3 Å². The molecule has 0 aromatic heterocycles. The number of nitrogens with two attached hydrogens (primary N) is 1. The lowest BCUT2D eigenvalue weighted by Gasteiger charge is -2.14. The minimum absolute atomic E-state index is 0.156. The van der Waals surface area contributed by atoms with Crippen molar-refractivity contribution < 1.29 is 4.79 Å². The van der Waals surface area contributed by atoms with Crippen molar-refractivity contribution in [2.75, 3.05) is 5.32 Å². The van der Waals surface area contributed by atoms with Crippen molar-refractivity contribution in [1.82, 2.24) is 0 Å². The van der Waals surface area contributed by atoms with E-state index < -0.39 is 6.04 Å². The van der Waals surface area contributed by atoms with E-state index in [1.54, 1.807) is 24.3 Å². The number of hydrogen-bond donors (Lipinski definition) is 2. The highest BCUT2D eigenvalue weighted by molar-refractivity contribution is 6.30. The molecule has 16 heavy (non-hydrogen) atoms. The maximum Gasteiger partial charge on any atom is 0.241 e. The number of amides is 1. The van der Waals surface area contributed by atoms with E-state index in [9.17, 15) is 4.79 Å². The summed E-state index contributed by atoms with van der Waals surface area (Å²) in [5, 5.41) is 3.39.